The van der Waals surface area contributed by atoms with E-state index in [1.54, 1.807) is 0 Å². The Bertz CT molecular complexity index is 566. The van der Waals surface area contributed by atoms with E-state index in [0.717, 1.165) is 18.7 Å². The monoisotopic (exact) mass is 262 g/mol. The molecule has 1 aliphatic rings. The van der Waals surface area contributed by atoms with E-state index in [1.807, 2.05) is 6.92 Å². The second-order valence-corrected chi connectivity index (χ2v) is 6.07. The summed E-state index contributed by atoms with van der Waals surface area (Å²) in [6, 6.07) is 1.14. The van der Waals surface area contributed by atoms with Crippen molar-refractivity contribution < 1.29 is 8.42 Å². The fraction of sp³-hybridized carbons (Fsp3) is 0.444. The van der Waals surface area contributed by atoms with Crippen LogP contribution in [0.4, 0.5) is 0 Å². The van der Waals surface area contributed by atoms with Crippen molar-refractivity contribution in [3.63, 3.8) is 0 Å². The molecule has 1 fully saturated rings. The van der Waals surface area contributed by atoms with E-state index in [2.05, 4.69) is 9.71 Å². The van der Waals surface area contributed by atoms with Crippen LogP contribution in [0.25, 0.3) is 0 Å². The summed E-state index contributed by atoms with van der Waals surface area (Å²) in [5.41, 5.74) is -0.500. The highest BCUT2D eigenvalue weighted by atomic mass is 35.5. The number of nitrogens with one attached hydrogen (secondary N) is 2. The van der Waals surface area contributed by atoms with Crippen molar-refractivity contribution in [2.75, 3.05) is 0 Å². The summed E-state index contributed by atoms with van der Waals surface area (Å²) in [6.07, 6.45) is 1.99. The van der Waals surface area contributed by atoms with Crippen molar-refractivity contribution in [3.8, 4) is 0 Å². The number of pyridine rings is 1. The van der Waals surface area contributed by atoms with E-state index in [9.17, 15) is 13.2 Å². The molecule has 5 nitrogen and oxygen atoms in total. The number of halogens is 1. The topological polar surface area (TPSA) is 79.0 Å². The molecule has 0 bridgehead atoms. The summed E-state index contributed by atoms with van der Waals surface area (Å²) in [4.78, 5) is 13.2. The Morgan fingerprint density at radius 1 is 1.56 bits per heavy atom. The van der Waals surface area contributed by atoms with Crippen LogP contribution in [-0.4, -0.2) is 19.4 Å². The van der Waals surface area contributed by atoms with Crippen LogP contribution in [0.2, 0.25) is 5.02 Å². The molecule has 2 rings (SSSR count). The highest BCUT2D eigenvalue weighted by Gasteiger charge is 2.36. The predicted octanol–water partition coefficient (Wildman–Crippen LogP) is 0.715. The summed E-state index contributed by atoms with van der Waals surface area (Å²) in [5.74, 6) is 0.369. The van der Waals surface area contributed by atoms with Crippen LogP contribution in [-0.2, 0) is 10.0 Å². The quantitative estimate of drug-likeness (QED) is 0.842. The summed E-state index contributed by atoms with van der Waals surface area (Å²) < 4.78 is 26.1. The fourth-order valence-corrected chi connectivity index (χ4v) is 2.93. The molecule has 2 N–H and O–H groups in total. The van der Waals surface area contributed by atoms with Crippen molar-refractivity contribution in [3.05, 3.63) is 27.6 Å². The zero-order chi connectivity index (χ0) is 11.9. The molecule has 2 unspecified atom stereocenters. The third-order valence-electron chi connectivity index (χ3n) is 2.56. The van der Waals surface area contributed by atoms with Crippen LogP contribution >= 0.6 is 11.6 Å². The Labute approximate surface area is 97.9 Å². The van der Waals surface area contributed by atoms with Gasteiger partial charge in [0, 0.05) is 12.2 Å². The summed E-state index contributed by atoms with van der Waals surface area (Å²) >= 11 is 5.56. The molecular formula is C9H11ClN2O3S. The molecule has 0 spiro atoms. The van der Waals surface area contributed by atoms with Crippen LogP contribution in [0.15, 0.2) is 22.0 Å². The number of aromatic nitrogens is 1. The van der Waals surface area contributed by atoms with Crippen molar-refractivity contribution in [1.82, 2.24) is 9.71 Å². The molecule has 1 heterocycles. The maximum atomic E-state index is 11.8. The zero-order valence-electron chi connectivity index (χ0n) is 8.53. The van der Waals surface area contributed by atoms with Crippen molar-refractivity contribution in [2.24, 2.45) is 5.92 Å². The van der Waals surface area contributed by atoms with Crippen LogP contribution in [0, 0.1) is 5.92 Å². The van der Waals surface area contributed by atoms with Crippen LogP contribution in [0.1, 0.15) is 13.3 Å². The standard InChI is InChI=1S/C9H11ClN2O3S/c1-5-2-8(5)12-16(14,15)6-3-7(10)9(13)11-4-6/h3-5,8,12H,2H2,1H3,(H,11,13). The molecule has 0 radical (unpaired) electrons. The van der Waals surface area contributed by atoms with E-state index in [1.165, 1.54) is 0 Å². The summed E-state index contributed by atoms with van der Waals surface area (Å²) in [7, 11) is -3.57. The Morgan fingerprint density at radius 2 is 2.19 bits per heavy atom. The molecule has 1 aromatic rings. The molecule has 0 aliphatic heterocycles. The van der Waals surface area contributed by atoms with Crippen LogP contribution < -0.4 is 10.3 Å². The van der Waals surface area contributed by atoms with E-state index >= 15 is 0 Å². The van der Waals surface area contributed by atoms with E-state index < -0.39 is 15.6 Å². The predicted molar refractivity (Wildman–Crippen MR) is 60.0 cm³/mol. The minimum atomic E-state index is -3.57. The van der Waals surface area contributed by atoms with Crippen molar-refractivity contribution in [2.45, 2.75) is 24.3 Å². The fourth-order valence-electron chi connectivity index (χ4n) is 1.35. The van der Waals surface area contributed by atoms with Gasteiger partial charge in [-0.15, -0.1) is 0 Å². The average Bonchev–Trinajstić information content (AvgIpc) is 2.85. The molecule has 1 saturated carbocycles. The van der Waals surface area contributed by atoms with E-state index in [4.69, 9.17) is 11.6 Å². The molecular weight excluding hydrogens is 252 g/mol. The number of rotatable bonds is 3. The number of hydrogen-bond acceptors (Lipinski definition) is 3. The van der Waals surface area contributed by atoms with E-state index in [-0.39, 0.29) is 16.0 Å². The Kier molecular flexibility index (Phi) is 2.81. The minimum absolute atomic E-state index is 0.00398. The lowest BCUT2D eigenvalue weighted by Crippen LogP contribution is -2.27. The highest BCUT2D eigenvalue weighted by Crippen LogP contribution is 2.30. The molecule has 0 saturated heterocycles. The molecule has 1 aromatic heterocycles. The third kappa shape index (κ3) is 2.28. The van der Waals surface area contributed by atoms with E-state index in [0.29, 0.717) is 5.92 Å². The minimum Gasteiger partial charge on any atom is -0.326 e. The van der Waals surface area contributed by atoms with Gasteiger partial charge in [-0.3, -0.25) is 4.79 Å². The van der Waals surface area contributed by atoms with Crippen LogP contribution in [0.5, 0.6) is 0 Å². The zero-order valence-corrected chi connectivity index (χ0v) is 10.1. The summed E-state index contributed by atoms with van der Waals surface area (Å²) in [5, 5.41) is -0.133. The molecule has 16 heavy (non-hydrogen) atoms. The highest BCUT2D eigenvalue weighted by molar-refractivity contribution is 7.89. The molecule has 0 aromatic carbocycles. The lowest BCUT2D eigenvalue weighted by atomic mass is 10.5. The number of aromatic amines is 1. The maximum Gasteiger partial charge on any atom is 0.266 e. The first-order chi connectivity index (χ1) is 7.40. The Hall–Kier alpha value is -0.850. The van der Waals surface area contributed by atoms with Crippen LogP contribution in [0.3, 0.4) is 0 Å². The number of sulfonamides is 1. The van der Waals surface area contributed by atoms with Gasteiger partial charge in [0.15, 0.2) is 0 Å². The van der Waals surface area contributed by atoms with Gasteiger partial charge in [-0.2, -0.15) is 0 Å². The third-order valence-corrected chi connectivity index (χ3v) is 4.31. The normalized spacial score (nSPS) is 24.4. The molecule has 7 heteroatoms. The van der Waals surface area contributed by atoms with Gasteiger partial charge >= 0.3 is 0 Å². The number of hydrogen-bond donors (Lipinski definition) is 2. The maximum absolute atomic E-state index is 11.8. The lowest BCUT2D eigenvalue weighted by molar-refractivity contribution is 0.578. The van der Waals surface area contributed by atoms with Gasteiger partial charge in [0.25, 0.3) is 5.56 Å². The molecule has 88 valence electrons. The second-order valence-electron chi connectivity index (χ2n) is 3.95. The second kappa shape index (κ2) is 3.87. The van der Waals surface area contributed by atoms with Gasteiger partial charge in [-0.25, -0.2) is 13.1 Å². The van der Waals surface area contributed by atoms with Gasteiger partial charge in [0.2, 0.25) is 10.0 Å². The first kappa shape index (κ1) is 11.6. The average molecular weight is 263 g/mol. The van der Waals surface area contributed by atoms with Gasteiger partial charge in [-0.1, -0.05) is 18.5 Å². The largest absolute Gasteiger partial charge is 0.326 e. The first-order valence-corrected chi connectivity index (χ1v) is 6.67. The molecule has 2 atom stereocenters. The lowest BCUT2D eigenvalue weighted by Gasteiger charge is -2.05. The van der Waals surface area contributed by atoms with Crippen molar-refractivity contribution >= 4 is 21.6 Å². The van der Waals surface area contributed by atoms with Gasteiger partial charge in [0.1, 0.15) is 5.02 Å². The molecule has 0 amide bonds. The SMILES string of the molecule is CC1CC1NS(=O)(=O)c1c[nH]c(=O)c(Cl)c1. The van der Waals surface area contributed by atoms with Gasteiger partial charge < -0.3 is 4.98 Å². The smallest absolute Gasteiger partial charge is 0.266 e. The van der Waals surface area contributed by atoms with Gasteiger partial charge in [-0.05, 0) is 18.4 Å². The first-order valence-electron chi connectivity index (χ1n) is 4.81. The Morgan fingerprint density at radius 3 is 2.69 bits per heavy atom. The number of H-pyrrole nitrogens is 1. The van der Waals surface area contributed by atoms with Crippen molar-refractivity contribution in [1.29, 1.82) is 0 Å². The summed E-state index contributed by atoms with van der Waals surface area (Å²) in [6.45, 7) is 1.97. The Balaban J connectivity index is 2.28. The molecule has 1 aliphatic carbocycles. The van der Waals surface area contributed by atoms with Gasteiger partial charge in [0.05, 0.1) is 4.90 Å².